The van der Waals surface area contributed by atoms with Crippen molar-refractivity contribution in [1.82, 2.24) is 10.2 Å². The molecule has 0 saturated carbocycles. The molecular weight excluding hydrogens is 330 g/mol. The Hall–Kier alpha value is -2.76. The van der Waals surface area contributed by atoms with Gasteiger partial charge in [0, 0.05) is 44.8 Å². The van der Waals surface area contributed by atoms with Gasteiger partial charge in [0.15, 0.2) is 0 Å². The maximum absolute atomic E-state index is 12.4. The molecule has 1 aromatic heterocycles. The Morgan fingerprint density at radius 1 is 1.19 bits per heavy atom. The van der Waals surface area contributed by atoms with Crippen LogP contribution in [0, 0.1) is 5.92 Å². The molecule has 1 aliphatic heterocycles. The number of piperidine rings is 1. The topological polar surface area (TPSA) is 65.8 Å². The molecule has 2 aromatic rings. The summed E-state index contributed by atoms with van der Waals surface area (Å²) < 4.78 is 4.97. The van der Waals surface area contributed by atoms with Gasteiger partial charge in [-0.2, -0.15) is 0 Å². The number of likely N-dealkylation sites (tertiary alicyclic amines) is 1. The van der Waals surface area contributed by atoms with E-state index >= 15 is 0 Å². The van der Waals surface area contributed by atoms with E-state index in [2.05, 4.69) is 22.3 Å². The monoisotopic (exact) mass is 355 g/mol. The number of furan rings is 1. The summed E-state index contributed by atoms with van der Waals surface area (Å²) in [4.78, 5) is 28.6. The fraction of sp³-hybridized carbons (Fsp3) is 0.400. The smallest absolute Gasteiger partial charge is 0.257 e. The molecule has 1 aromatic carbocycles. The summed E-state index contributed by atoms with van der Waals surface area (Å²) in [6.07, 6.45) is 4.36. The molecule has 1 fully saturated rings. The lowest BCUT2D eigenvalue weighted by Crippen LogP contribution is -2.44. The first kappa shape index (κ1) is 18.0. The average Bonchev–Trinajstić information content (AvgIpc) is 3.23. The standard InChI is InChI=1S/C20H25N3O3/c1-22(18-5-3-2-4-6-18)13-10-21-19(24)16-7-11-23(12-8-16)20(25)17-9-14-26-15-17/h2-6,9,14-16H,7-8,10-13H2,1H3,(H,21,24). The Morgan fingerprint density at radius 2 is 1.92 bits per heavy atom. The molecule has 1 saturated heterocycles. The quantitative estimate of drug-likeness (QED) is 0.864. The molecule has 0 bridgehead atoms. The van der Waals surface area contributed by atoms with E-state index in [0.717, 1.165) is 12.2 Å². The minimum Gasteiger partial charge on any atom is -0.472 e. The van der Waals surface area contributed by atoms with E-state index in [0.29, 0.717) is 38.0 Å². The van der Waals surface area contributed by atoms with E-state index in [9.17, 15) is 9.59 Å². The molecule has 0 unspecified atom stereocenters. The highest BCUT2D eigenvalue weighted by molar-refractivity contribution is 5.94. The summed E-state index contributed by atoms with van der Waals surface area (Å²) >= 11 is 0. The van der Waals surface area contributed by atoms with E-state index < -0.39 is 0 Å². The van der Waals surface area contributed by atoms with Gasteiger partial charge in [-0.15, -0.1) is 0 Å². The number of hydrogen-bond donors (Lipinski definition) is 1. The average molecular weight is 355 g/mol. The highest BCUT2D eigenvalue weighted by Crippen LogP contribution is 2.19. The molecule has 2 heterocycles. The van der Waals surface area contributed by atoms with E-state index in [1.54, 1.807) is 11.0 Å². The van der Waals surface area contributed by atoms with Gasteiger partial charge >= 0.3 is 0 Å². The van der Waals surface area contributed by atoms with Crippen LogP contribution >= 0.6 is 0 Å². The van der Waals surface area contributed by atoms with Gasteiger partial charge in [0.2, 0.25) is 5.91 Å². The number of likely N-dealkylation sites (N-methyl/N-ethyl adjacent to an activating group) is 1. The zero-order valence-electron chi connectivity index (χ0n) is 15.1. The Kier molecular flexibility index (Phi) is 5.94. The predicted octanol–water partition coefficient (Wildman–Crippen LogP) is 2.38. The summed E-state index contributed by atoms with van der Waals surface area (Å²) in [5, 5.41) is 3.03. The third kappa shape index (κ3) is 4.45. The van der Waals surface area contributed by atoms with Crippen LogP contribution in [0.1, 0.15) is 23.2 Å². The molecule has 26 heavy (non-hydrogen) atoms. The van der Waals surface area contributed by atoms with Crippen molar-refractivity contribution in [2.45, 2.75) is 12.8 Å². The second-order valence-corrected chi connectivity index (χ2v) is 6.63. The lowest BCUT2D eigenvalue weighted by Gasteiger charge is -2.31. The summed E-state index contributed by atoms with van der Waals surface area (Å²) in [5.74, 6) is 0.0365. The van der Waals surface area contributed by atoms with Gasteiger partial charge in [-0.05, 0) is 31.0 Å². The second kappa shape index (κ2) is 8.56. The van der Waals surface area contributed by atoms with Crippen LogP contribution in [0.4, 0.5) is 5.69 Å². The number of nitrogens with zero attached hydrogens (tertiary/aromatic N) is 2. The number of carbonyl (C=O) groups excluding carboxylic acids is 2. The van der Waals surface area contributed by atoms with Crippen LogP contribution in [0.2, 0.25) is 0 Å². The van der Waals surface area contributed by atoms with E-state index in [1.165, 1.54) is 12.5 Å². The first-order valence-corrected chi connectivity index (χ1v) is 9.00. The normalized spacial score (nSPS) is 14.9. The Balaban J connectivity index is 1.39. The van der Waals surface area contributed by atoms with Crippen molar-refractivity contribution in [3.8, 4) is 0 Å². The molecule has 1 N–H and O–H groups in total. The SMILES string of the molecule is CN(CCNC(=O)C1CCN(C(=O)c2ccoc2)CC1)c1ccccc1. The van der Waals surface area contributed by atoms with Gasteiger partial charge in [0.25, 0.3) is 5.91 Å². The minimum atomic E-state index is -0.0258. The first-order valence-electron chi connectivity index (χ1n) is 9.00. The number of amides is 2. The van der Waals surface area contributed by atoms with Crippen LogP contribution in [-0.4, -0.2) is 49.9 Å². The third-order valence-electron chi connectivity index (χ3n) is 4.86. The molecule has 0 atom stereocenters. The highest BCUT2D eigenvalue weighted by atomic mass is 16.3. The van der Waals surface area contributed by atoms with Gasteiger partial charge in [-0.1, -0.05) is 18.2 Å². The number of anilines is 1. The van der Waals surface area contributed by atoms with Gasteiger partial charge in [-0.25, -0.2) is 0 Å². The molecule has 2 amide bonds. The fourth-order valence-electron chi connectivity index (χ4n) is 3.22. The van der Waals surface area contributed by atoms with Crippen LogP contribution in [-0.2, 0) is 4.79 Å². The van der Waals surface area contributed by atoms with E-state index in [4.69, 9.17) is 4.42 Å². The number of carbonyl (C=O) groups is 2. The zero-order valence-corrected chi connectivity index (χ0v) is 15.1. The largest absolute Gasteiger partial charge is 0.472 e. The lowest BCUT2D eigenvalue weighted by atomic mass is 9.95. The van der Waals surface area contributed by atoms with Crippen molar-refractivity contribution in [2.75, 3.05) is 38.1 Å². The molecule has 0 aliphatic carbocycles. The fourth-order valence-corrected chi connectivity index (χ4v) is 3.22. The Labute approximate surface area is 153 Å². The molecule has 0 spiro atoms. The molecular formula is C20H25N3O3. The number of rotatable bonds is 6. The summed E-state index contributed by atoms with van der Waals surface area (Å²) in [5.41, 5.74) is 1.70. The van der Waals surface area contributed by atoms with Crippen molar-refractivity contribution >= 4 is 17.5 Å². The van der Waals surface area contributed by atoms with Gasteiger partial charge in [0.1, 0.15) is 6.26 Å². The zero-order chi connectivity index (χ0) is 18.4. The van der Waals surface area contributed by atoms with Crippen molar-refractivity contribution in [1.29, 1.82) is 0 Å². The van der Waals surface area contributed by atoms with E-state index in [-0.39, 0.29) is 17.7 Å². The second-order valence-electron chi connectivity index (χ2n) is 6.63. The number of para-hydroxylation sites is 1. The van der Waals surface area contributed by atoms with Crippen LogP contribution < -0.4 is 10.2 Å². The van der Waals surface area contributed by atoms with E-state index in [1.807, 2.05) is 25.2 Å². The number of hydrogen-bond acceptors (Lipinski definition) is 4. The molecule has 6 heteroatoms. The lowest BCUT2D eigenvalue weighted by molar-refractivity contribution is -0.126. The highest BCUT2D eigenvalue weighted by Gasteiger charge is 2.27. The van der Waals surface area contributed by atoms with Crippen molar-refractivity contribution < 1.29 is 14.0 Å². The summed E-state index contributed by atoms with van der Waals surface area (Å²) in [6.45, 7) is 2.57. The van der Waals surface area contributed by atoms with Crippen LogP contribution in [0.15, 0.2) is 53.3 Å². The molecule has 3 rings (SSSR count). The predicted molar refractivity (Wildman–Crippen MR) is 100 cm³/mol. The van der Waals surface area contributed by atoms with Crippen LogP contribution in [0.5, 0.6) is 0 Å². The molecule has 6 nitrogen and oxygen atoms in total. The Bertz CT molecular complexity index is 707. The maximum Gasteiger partial charge on any atom is 0.257 e. The molecule has 1 aliphatic rings. The van der Waals surface area contributed by atoms with Gasteiger partial charge in [0.05, 0.1) is 11.8 Å². The van der Waals surface area contributed by atoms with Crippen LogP contribution in [0.25, 0.3) is 0 Å². The van der Waals surface area contributed by atoms with Crippen LogP contribution in [0.3, 0.4) is 0 Å². The van der Waals surface area contributed by atoms with Crippen molar-refractivity contribution in [3.63, 3.8) is 0 Å². The number of nitrogens with one attached hydrogen (secondary N) is 1. The summed E-state index contributed by atoms with van der Waals surface area (Å²) in [7, 11) is 2.02. The first-order chi connectivity index (χ1) is 12.6. The minimum absolute atomic E-state index is 0.0227. The van der Waals surface area contributed by atoms with Crippen molar-refractivity contribution in [3.05, 3.63) is 54.5 Å². The molecule has 138 valence electrons. The maximum atomic E-state index is 12.4. The van der Waals surface area contributed by atoms with Crippen molar-refractivity contribution in [2.24, 2.45) is 5.92 Å². The van der Waals surface area contributed by atoms with Gasteiger partial charge in [-0.3, -0.25) is 9.59 Å². The summed E-state index contributed by atoms with van der Waals surface area (Å²) in [6, 6.07) is 11.8. The molecule has 0 radical (unpaired) electrons. The van der Waals surface area contributed by atoms with Gasteiger partial charge < -0.3 is 19.5 Å². The third-order valence-corrected chi connectivity index (χ3v) is 4.86. The Morgan fingerprint density at radius 3 is 2.58 bits per heavy atom. The number of benzene rings is 1.